The quantitative estimate of drug-likeness (QED) is 0.285. The molecule has 0 amide bonds. The number of halogens is 3. The van der Waals surface area contributed by atoms with Gasteiger partial charge in [0, 0.05) is 24.5 Å². The number of alkyl halides is 3. The Hall–Kier alpha value is -3.21. The molecule has 4 rings (SSSR count). The number of aromatic amines is 1. The molecule has 2 aromatic carbocycles. The standard InChI is InChI=1S/C21H22N4S.C2HF3O2/c1-22-12-13-23-14-15-6-8-16(9-7-15)19-10-11-20(26-19)21-24-17-4-2-3-5-18(17)25-21;3-2(4,5)1(6)7/h2-11,22-23H,12-14H2,1H3,(H,24,25);(H,6,7). The Morgan fingerprint density at radius 3 is 2.33 bits per heavy atom. The topological polar surface area (TPSA) is 90.0 Å². The largest absolute Gasteiger partial charge is 0.490 e. The molecule has 4 aromatic rings. The number of carboxylic acid groups (broad SMARTS) is 1. The second kappa shape index (κ2) is 11.1. The van der Waals surface area contributed by atoms with Crippen molar-refractivity contribution in [1.29, 1.82) is 0 Å². The molecule has 6 nitrogen and oxygen atoms in total. The SMILES string of the molecule is CNCCNCc1ccc(-c2ccc(-c3nc4ccccc4[nH]3)s2)cc1.O=C(O)C(F)(F)F. The number of carbonyl (C=O) groups is 1. The molecule has 33 heavy (non-hydrogen) atoms. The van der Waals surface area contributed by atoms with E-state index in [2.05, 4.69) is 58.1 Å². The summed E-state index contributed by atoms with van der Waals surface area (Å²) < 4.78 is 31.7. The van der Waals surface area contributed by atoms with Crippen LogP contribution >= 0.6 is 11.3 Å². The molecule has 0 radical (unpaired) electrons. The van der Waals surface area contributed by atoms with Gasteiger partial charge in [-0.1, -0.05) is 36.4 Å². The molecule has 0 fully saturated rings. The number of para-hydroxylation sites is 2. The van der Waals surface area contributed by atoms with E-state index in [9.17, 15) is 13.2 Å². The highest BCUT2D eigenvalue weighted by Crippen LogP contribution is 2.34. The number of imidazole rings is 1. The first-order valence-electron chi connectivity index (χ1n) is 10.1. The second-order valence-electron chi connectivity index (χ2n) is 7.05. The zero-order valence-electron chi connectivity index (χ0n) is 17.7. The lowest BCUT2D eigenvalue weighted by Gasteiger charge is -2.05. The van der Waals surface area contributed by atoms with E-state index in [-0.39, 0.29) is 0 Å². The Kier molecular flexibility index (Phi) is 8.21. The molecule has 0 spiro atoms. The van der Waals surface area contributed by atoms with Gasteiger partial charge in [-0.15, -0.1) is 11.3 Å². The van der Waals surface area contributed by atoms with E-state index in [1.165, 1.54) is 16.0 Å². The fourth-order valence-corrected chi connectivity index (χ4v) is 3.88. The lowest BCUT2D eigenvalue weighted by atomic mass is 10.1. The van der Waals surface area contributed by atoms with E-state index >= 15 is 0 Å². The van der Waals surface area contributed by atoms with Gasteiger partial charge >= 0.3 is 12.1 Å². The number of carboxylic acids is 1. The van der Waals surface area contributed by atoms with Crippen LogP contribution in [-0.2, 0) is 11.3 Å². The van der Waals surface area contributed by atoms with E-state index in [0.29, 0.717) is 0 Å². The van der Waals surface area contributed by atoms with Gasteiger partial charge in [0.2, 0.25) is 0 Å². The minimum Gasteiger partial charge on any atom is -0.475 e. The normalized spacial score (nSPS) is 11.3. The lowest BCUT2D eigenvalue weighted by molar-refractivity contribution is -0.192. The molecule has 10 heteroatoms. The smallest absolute Gasteiger partial charge is 0.475 e. The molecule has 2 aromatic heterocycles. The first-order chi connectivity index (χ1) is 15.8. The fourth-order valence-electron chi connectivity index (χ4n) is 2.92. The molecule has 4 N–H and O–H groups in total. The molecule has 174 valence electrons. The van der Waals surface area contributed by atoms with Crippen LogP contribution in [0.4, 0.5) is 13.2 Å². The Morgan fingerprint density at radius 2 is 1.70 bits per heavy atom. The van der Waals surface area contributed by atoms with Gasteiger partial charge in [-0.25, -0.2) is 9.78 Å². The van der Waals surface area contributed by atoms with Crippen LogP contribution in [-0.4, -0.2) is 47.4 Å². The van der Waals surface area contributed by atoms with Crippen molar-refractivity contribution < 1.29 is 23.1 Å². The maximum absolute atomic E-state index is 10.6. The summed E-state index contributed by atoms with van der Waals surface area (Å²) in [6.45, 7) is 2.86. The van der Waals surface area contributed by atoms with Crippen LogP contribution in [0.2, 0.25) is 0 Å². The van der Waals surface area contributed by atoms with E-state index < -0.39 is 12.1 Å². The summed E-state index contributed by atoms with van der Waals surface area (Å²) in [5.74, 6) is -1.82. The summed E-state index contributed by atoms with van der Waals surface area (Å²) in [7, 11) is 1.97. The molecule has 0 aliphatic rings. The van der Waals surface area contributed by atoms with Gasteiger partial charge in [0.1, 0.15) is 5.82 Å². The van der Waals surface area contributed by atoms with Crippen molar-refractivity contribution >= 4 is 28.3 Å². The molecule has 0 bridgehead atoms. The zero-order valence-corrected chi connectivity index (χ0v) is 18.6. The first-order valence-corrected chi connectivity index (χ1v) is 10.9. The number of benzene rings is 2. The molecule has 2 heterocycles. The number of fused-ring (bicyclic) bond motifs is 1. The minimum absolute atomic E-state index is 0.899. The zero-order chi connectivity index (χ0) is 23.8. The molecule has 0 saturated carbocycles. The number of nitrogens with zero attached hydrogens (tertiary/aromatic N) is 1. The molecular formula is C23H23F3N4O2S. The number of H-pyrrole nitrogens is 1. The van der Waals surface area contributed by atoms with Crippen molar-refractivity contribution in [1.82, 2.24) is 20.6 Å². The summed E-state index contributed by atoms with van der Waals surface area (Å²) in [6, 6.07) is 21.2. The predicted octanol–water partition coefficient (Wildman–Crippen LogP) is 4.90. The third-order valence-electron chi connectivity index (χ3n) is 4.59. The number of hydrogen-bond acceptors (Lipinski definition) is 5. The Bertz CT molecular complexity index is 1150. The maximum Gasteiger partial charge on any atom is 0.490 e. The summed E-state index contributed by atoms with van der Waals surface area (Å²) >= 11 is 1.77. The van der Waals surface area contributed by atoms with Gasteiger partial charge < -0.3 is 20.7 Å². The first kappa shape index (κ1) is 24.4. The Balaban J connectivity index is 0.000000383. The third kappa shape index (κ3) is 6.88. The monoisotopic (exact) mass is 476 g/mol. The summed E-state index contributed by atoms with van der Waals surface area (Å²) in [5.41, 5.74) is 4.63. The molecule has 0 atom stereocenters. The third-order valence-corrected chi connectivity index (χ3v) is 5.73. The highest BCUT2D eigenvalue weighted by atomic mass is 32.1. The van der Waals surface area contributed by atoms with Crippen molar-refractivity contribution in [3.63, 3.8) is 0 Å². The Labute approximate surface area is 192 Å². The number of likely N-dealkylation sites (N-methyl/N-ethyl adjacent to an activating group) is 1. The Morgan fingerprint density at radius 1 is 1.03 bits per heavy atom. The van der Waals surface area contributed by atoms with Gasteiger partial charge in [0.05, 0.1) is 15.9 Å². The van der Waals surface area contributed by atoms with Crippen LogP contribution in [0.3, 0.4) is 0 Å². The van der Waals surface area contributed by atoms with Crippen LogP contribution in [0.15, 0.2) is 60.7 Å². The molecule has 0 unspecified atom stereocenters. The van der Waals surface area contributed by atoms with Crippen molar-refractivity contribution in [3.05, 3.63) is 66.2 Å². The highest BCUT2D eigenvalue weighted by molar-refractivity contribution is 7.18. The van der Waals surface area contributed by atoms with Crippen molar-refractivity contribution in [3.8, 4) is 21.1 Å². The number of hydrogen-bond donors (Lipinski definition) is 4. The second-order valence-corrected chi connectivity index (χ2v) is 8.13. The van der Waals surface area contributed by atoms with Gasteiger partial charge in [-0.05, 0) is 42.4 Å². The molecule has 0 aliphatic carbocycles. The molecule has 0 saturated heterocycles. The van der Waals surface area contributed by atoms with E-state index in [1.54, 1.807) is 11.3 Å². The van der Waals surface area contributed by atoms with E-state index in [0.717, 1.165) is 41.4 Å². The lowest BCUT2D eigenvalue weighted by Crippen LogP contribution is -2.24. The van der Waals surface area contributed by atoms with Crippen LogP contribution in [0.1, 0.15) is 5.56 Å². The van der Waals surface area contributed by atoms with Gasteiger partial charge in [0.15, 0.2) is 0 Å². The summed E-state index contributed by atoms with van der Waals surface area (Å²) in [4.78, 5) is 19.4. The summed E-state index contributed by atoms with van der Waals surface area (Å²) in [5, 5.41) is 13.7. The van der Waals surface area contributed by atoms with E-state index in [1.807, 2.05) is 25.2 Å². The maximum atomic E-state index is 10.6. The number of rotatable bonds is 7. The fraction of sp³-hybridized carbons (Fsp3) is 0.217. The summed E-state index contributed by atoms with van der Waals surface area (Å²) in [6.07, 6.45) is -5.08. The van der Waals surface area contributed by atoms with Crippen molar-refractivity contribution in [2.75, 3.05) is 20.1 Å². The number of nitrogens with one attached hydrogen (secondary N) is 3. The van der Waals surface area contributed by atoms with E-state index in [4.69, 9.17) is 14.9 Å². The van der Waals surface area contributed by atoms with Crippen LogP contribution in [0.5, 0.6) is 0 Å². The van der Waals surface area contributed by atoms with Crippen LogP contribution in [0, 0.1) is 0 Å². The average molecular weight is 477 g/mol. The van der Waals surface area contributed by atoms with Gasteiger partial charge in [-0.3, -0.25) is 0 Å². The number of aromatic nitrogens is 2. The average Bonchev–Trinajstić information content (AvgIpc) is 3.44. The van der Waals surface area contributed by atoms with Crippen molar-refractivity contribution in [2.24, 2.45) is 0 Å². The van der Waals surface area contributed by atoms with Gasteiger partial charge in [0.25, 0.3) is 0 Å². The van der Waals surface area contributed by atoms with Crippen LogP contribution < -0.4 is 10.6 Å². The molecular weight excluding hydrogens is 453 g/mol. The van der Waals surface area contributed by atoms with Gasteiger partial charge in [-0.2, -0.15) is 13.2 Å². The predicted molar refractivity (Wildman–Crippen MR) is 124 cm³/mol. The van der Waals surface area contributed by atoms with Crippen molar-refractivity contribution in [2.45, 2.75) is 12.7 Å². The number of aliphatic carboxylic acids is 1. The minimum atomic E-state index is -5.08. The molecule has 0 aliphatic heterocycles. The van der Waals surface area contributed by atoms with Crippen LogP contribution in [0.25, 0.3) is 32.2 Å². The highest BCUT2D eigenvalue weighted by Gasteiger charge is 2.38. The number of thiophene rings is 1.